The van der Waals surface area contributed by atoms with E-state index < -0.39 is 0 Å². The summed E-state index contributed by atoms with van der Waals surface area (Å²) < 4.78 is 6.83. The van der Waals surface area contributed by atoms with Gasteiger partial charge in [-0.15, -0.1) is 0 Å². The Morgan fingerprint density at radius 1 is 1.48 bits per heavy atom. The first-order valence-electron chi connectivity index (χ1n) is 6.77. The SMILES string of the molecule is CCC(c1cnc[nH]1)n1cnc2ccc(C(=O)OC)cc21. The lowest BCUT2D eigenvalue weighted by Gasteiger charge is -2.16. The van der Waals surface area contributed by atoms with Crippen LogP contribution in [0.5, 0.6) is 0 Å². The maximum Gasteiger partial charge on any atom is 0.337 e. The molecular formula is C15H16N4O2. The fourth-order valence-electron chi connectivity index (χ4n) is 2.53. The summed E-state index contributed by atoms with van der Waals surface area (Å²) in [6.07, 6.45) is 6.15. The van der Waals surface area contributed by atoms with Gasteiger partial charge in [0.1, 0.15) is 0 Å². The Kier molecular flexibility index (Phi) is 3.43. The van der Waals surface area contributed by atoms with E-state index in [4.69, 9.17) is 4.74 Å². The fourth-order valence-corrected chi connectivity index (χ4v) is 2.53. The number of nitrogens with zero attached hydrogens (tertiary/aromatic N) is 3. The molecule has 0 fully saturated rings. The fraction of sp³-hybridized carbons (Fsp3) is 0.267. The summed E-state index contributed by atoms with van der Waals surface area (Å²) in [6.45, 7) is 2.10. The van der Waals surface area contributed by atoms with Crippen LogP contribution in [0.2, 0.25) is 0 Å². The van der Waals surface area contributed by atoms with Crippen molar-refractivity contribution in [3.05, 3.63) is 48.3 Å². The van der Waals surface area contributed by atoms with Crippen molar-refractivity contribution in [3.63, 3.8) is 0 Å². The van der Waals surface area contributed by atoms with Crippen molar-refractivity contribution >= 4 is 17.0 Å². The Morgan fingerprint density at radius 2 is 2.33 bits per heavy atom. The molecule has 1 aromatic carbocycles. The van der Waals surface area contributed by atoms with Gasteiger partial charge in [-0.25, -0.2) is 14.8 Å². The Balaban J connectivity index is 2.11. The van der Waals surface area contributed by atoms with Gasteiger partial charge >= 0.3 is 5.97 Å². The second kappa shape index (κ2) is 5.40. The third-order valence-corrected chi connectivity index (χ3v) is 3.60. The molecule has 0 saturated carbocycles. The molecule has 0 aliphatic heterocycles. The molecule has 3 aromatic rings. The number of hydrogen-bond donors (Lipinski definition) is 1. The molecule has 108 valence electrons. The van der Waals surface area contributed by atoms with Gasteiger partial charge in [0.25, 0.3) is 0 Å². The van der Waals surface area contributed by atoms with Gasteiger partial charge in [0, 0.05) is 0 Å². The maximum atomic E-state index is 11.7. The van der Waals surface area contributed by atoms with Crippen LogP contribution in [0.1, 0.15) is 35.4 Å². The van der Waals surface area contributed by atoms with Crippen LogP contribution in [0.25, 0.3) is 11.0 Å². The van der Waals surface area contributed by atoms with Crippen molar-refractivity contribution in [1.82, 2.24) is 19.5 Å². The van der Waals surface area contributed by atoms with Gasteiger partial charge in [-0.2, -0.15) is 0 Å². The van der Waals surface area contributed by atoms with E-state index >= 15 is 0 Å². The third-order valence-electron chi connectivity index (χ3n) is 3.60. The number of aromatic nitrogens is 4. The number of ether oxygens (including phenoxy) is 1. The van der Waals surface area contributed by atoms with Crippen molar-refractivity contribution < 1.29 is 9.53 Å². The molecule has 0 amide bonds. The van der Waals surface area contributed by atoms with Crippen molar-refractivity contribution in [3.8, 4) is 0 Å². The number of methoxy groups -OCH3 is 1. The zero-order chi connectivity index (χ0) is 14.8. The molecule has 2 heterocycles. The number of benzene rings is 1. The molecule has 0 spiro atoms. The molecule has 0 aliphatic carbocycles. The van der Waals surface area contributed by atoms with Gasteiger partial charge in [-0.1, -0.05) is 6.92 Å². The van der Waals surface area contributed by atoms with Crippen LogP contribution in [0.4, 0.5) is 0 Å². The van der Waals surface area contributed by atoms with Crippen LogP contribution < -0.4 is 0 Å². The molecule has 1 unspecified atom stereocenters. The van der Waals surface area contributed by atoms with E-state index in [0.29, 0.717) is 5.56 Å². The Morgan fingerprint density at radius 3 is 3.00 bits per heavy atom. The molecule has 0 aliphatic rings. The number of esters is 1. The van der Waals surface area contributed by atoms with Crippen molar-refractivity contribution in [2.24, 2.45) is 0 Å². The van der Waals surface area contributed by atoms with Crippen molar-refractivity contribution in [2.75, 3.05) is 7.11 Å². The standard InChI is InChI=1S/C15H16N4O2/c1-3-13(12-7-16-8-17-12)19-9-18-11-5-4-10(6-14(11)19)15(20)21-2/h4-9,13H,3H2,1-2H3,(H,16,17). The zero-order valence-electron chi connectivity index (χ0n) is 11.9. The number of carbonyl (C=O) groups excluding carboxylic acids is 1. The predicted molar refractivity (Wildman–Crippen MR) is 78.1 cm³/mol. The number of aromatic amines is 1. The monoisotopic (exact) mass is 284 g/mol. The molecule has 0 radical (unpaired) electrons. The van der Waals surface area contributed by atoms with E-state index in [1.54, 1.807) is 18.7 Å². The van der Waals surface area contributed by atoms with E-state index in [1.165, 1.54) is 7.11 Å². The lowest BCUT2D eigenvalue weighted by atomic mass is 10.1. The second-order valence-corrected chi connectivity index (χ2v) is 4.78. The summed E-state index contributed by atoms with van der Waals surface area (Å²) in [5, 5.41) is 0. The van der Waals surface area contributed by atoms with Crippen LogP contribution in [-0.4, -0.2) is 32.6 Å². The average molecular weight is 284 g/mol. The van der Waals surface area contributed by atoms with E-state index in [0.717, 1.165) is 23.1 Å². The number of nitrogens with one attached hydrogen (secondary N) is 1. The Labute approximate surface area is 121 Å². The minimum absolute atomic E-state index is 0.102. The molecule has 0 saturated heterocycles. The minimum atomic E-state index is -0.348. The average Bonchev–Trinajstić information content (AvgIpc) is 3.17. The first kappa shape index (κ1) is 13.4. The highest BCUT2D eigenvalue weighted by Gasteiger charge is 2.17. The highest BCUT2D eigenvalue weighted by Crippen LogP contribution is 2.25. The van der Waals surface area contributed by atoms with Gasteiger partial charge in [0.2, 0.25) is 0 Å². The summed E-state index contributed by atoms with van der Waals surface area (Å²) in [6, 6.07) is 5.47. The first-order valence-corrected chi connectivity index (χ1v) is 6.77. The smallest absolute Gasteiger partial charge is 0.337 e. The Hall–Kier alpha value is -2.63. The molecule has 6 heteroatoms. The molecule has 0 bridgehead atoms. The molecule has 1 atom stereocenters. The highest BCUT2D eigenvalue weighted by molar-refractivity contribution is 5.93. The second-order valence-electron chi connectivity index (χ2n) is 4.78. The number of rotatable bonds is 4. The van der Waals surface area contributed by atoms with Crippen molar-refractivity contribution in [1.29, 1.82) is 0 Å². The quantitative estimate of drug-likeness (QED) is 0.747. The lowest BCUT2D eigenvalue weighted by molar-refractivity contribution is 0.0601. The zero-order valence-corrected chi connectivity index (χ0v) is 11.9. The van der Waals surface area contributed by atoms with Crippen molar-refractivity contribution in [2.45, 2.75) is 19.4 Å². The van der Waals surface area contributed by atoms with E-state index in [-0.39, 0.29) is 12.0 Å². The molecular weight excluding hydrogens is 268 g/mol. The van der Waals surface area contributed by atoms with Gasteiger partial charge in [0.15, 0.2) is 0 Å². The van der Waals surface area contributed by atoms with E-state index in [2.05, 4.69) is 26.4 Å². The van der Waals surface area contributed by atoms with Gasteiger partial charge in [0.05, 0.1) is 54.3 Å². The van der Waals surface area contributed by atoms with Gasteiger partial charge < -0.3 is 14.3 Å². The van der Waals surface area contributed by atoms with Gasteiger partial charge in [-0.3, -0.25) is 0 Å². The third kappa shape index (κ3) is 2.29. The van der Waals surface area contributed by atoms with E-state index in [1.807, 2.05) is 18.3 Å². The summed E-state index contributed by atoms with van der Waals surface area (Å²) >= 11 is 0. The van der Waals surface area contributed by atoms with E-state index in [9.17, 15) is 4.79 Å². The molecule has 21 heavy (non-hydrogen) atoms. The van der Waals surface area contributed by atoms with Crippen LogP contribution >= 0.6 is 0 Å². The lowest BCUT2D eigenvalue weighted by Crippen LogP contribution is -2.09. The number of fused-ring (bicyclic) bond motifs is 1. The normalized spacial score (nSPS) is 12.5. The summed E-state index contributed by atoms with van der Waals surface area (Å²) in [7, 11) is 1.38. The molecule has 2 aromatic heterocycles. The summed E-state index contributed by atoms with van der Waals surface area (Å²) in [4.78, 5) is 23.3. The maximum absolute atomic E-state index is 11.7. The number of carbonyl (C=O) groups is 1. The van der Waals surface area contributed by atoms with Gasteiger partial charge in [-0.05, 0) is 24.6 Å². The highest BCUT2D eigenvalue weighted by atomic mass is 16.5. The number of imidazole rings is 2. The topological polar surface area (TPSA) is 72.8 Å². The first-order chi connectivity index (χ1) is 10.2. The molecule has 6 nitrogen and oxygen atoms in total. The number of hydrogen-bond acceptors (Lipinski definition) is 4. The Bertz CT molecular complexity index is 761. The largest absolute Gasteiger partial charge is 0.465 e. The molecule has 1 N–H and O–H groups in total. The van der Waals surface area contributed by atoms with Crippen LogP contribution in [0.15, 0.2) is 37.1 Å². The summed E-state index contributed by atoms with van der Waals surface area (Å²) in [5.41, 5.74) is 3.28. The van der Waals surface area contributed by atoms with Crippen LogP contribution in [0, 0.1) is 0 Å². The number of H-pyrrole nitrogens is 1. The van der Waals surface area contributed by atoms with Crippen LogP contribution in [0.3, 0.4) is 0 Å². The van der Waals surface area contributed by atoms with Crippen LogP contribution in [-0.2, 0) is 4.74 Å². The molecule has 3 rings (SSSR count). The minimum Gasteiger partial charge on any atom is -0.465 e. The summed E-state index contributed by atoms with van der Waals surface area (Å²) in [5.74, 6) is -0.348. The predicted octanol–water partition coefficient (Wildman–Crippen LogP) is 2.55.